The first-order valence-corrected chi connectivity index (χ1v) is 5.18. The first-order chi connectivity index (χ1) is 7.31. The van der Waals surface area contributed by atoms with Gasteiger partial charge < -0.3 is 11.1 Å². The van der Waals surface area contributed by atoms with Crippen LogP contribution >= 0.6 is 11.6 Å². The Hall–Kier alpha value is -1.32. The number of fused-ring (bicyclic) bond motifs is 1. The monoisotopic (exact) mass is 221 g/mol. The molecule has 0 radical (unpaired) electrons. The van der Waals surface area contributed by atoms with Crippen molar-refractivity contribution in [1.29, 1.82) is 0 Å². The Labute approximate surface area is 93.3 Å². The van der Waals surface area contributed by atoms with Crippen LogP contribution in [0.25, 0.3) is 10.9 Å². The number of halogens is 1. The molecule has 15 heavy (non-hydrogen) atoms. The topological polar surface area (TPSA) is 50.9 Å². The van der Waals surface area contributed by atoms with Crippen LogP contribution in [0.5, 0.6) is 0 Å². The van der Waals surface area contributed by atoms with E-state index < -0.39 is 0 Å². The average Bonchev–Trinajstić information content (AvgIpc) is 2.27. The summed E-state index contributed by atoms with van der Waals surface area (Å²) in [5.41, 5.74) is 6.22. The number of para-hydroxylation sites is 1. The summed E-state index contributed by atoms with van der Waals surface area (Å²) in [5, 5.41) is 4.83. The fourth-order valence-electron chi connectivity index (χ4n) is 1.41. The third kappa shape index (κ3) is 2.19. The van der Waals surface area contributed by atoms with Gasteiger partial charge in [-0.2, -0.15) is 0 Å². The predicted octanol–water partition coefficient (Wildman–Crippen LogP) is 2.26. The molecule has 0 bridgehead atoms. The first-order valence-electron chi connectivity index (χ1n) is 4.80. The highest BCUT2D eigenvalue weighted by Crippen LogP contribution is 2.22. The normalized spacial score (nSPS) is 10.5. The molecular formula is C11H12ClN3. The molecule has 0 aliphatic heterocycles. The fourth-order valence-corrected chi connectivity index (χ4v) is 1.63. The third-order valence-corrected chi connectivity index (χ3v) is 2.43. The van der Waals surface area contributed by atoms with Crippen molar-refractivity contribution in [2.24, 2.45) is 5.73 Å². The van der Waals surface area contributed by atoms with Gasteiger partial charge in [-0.3, -0.25) is 0 Å². The molecule has 0 aliphatic carbocycles. The van der Waals surface area contributed by atoms with Gasteiger partial charge in [0.1, 0.15) is 5.82 Å². The van der Waals surface area contributed by atoms with Crippen molar-refractivity contribution in [2.45, 2.75) is 0 Å². The lowest BCUT2D eigenvalue weighted by atomic mass is 10.2. The van der Waals surface area contributed by atoms with Gasteiger partial charge in [0.15, 0.2) is 0 Å². The van der Waals surface area contributed by atoms with Crippen molar-refractivity contribution in [1.82, 2.24) is 4.98 Å². The smallest absolute Gasteiger partial charge is 0.126 e. The zero-order valence-corrected chi connectivity index (χ0v) is 8.96. The Morgan fingerprint density at radius 3 is 2.93 bits per heavy atom. The van der Waals surface area contributed by atoms with Gasteiger partial charge in [0.2, 0.25) is 0 Å². The summed E-state index contributed by atoms with van der Waals surface area (Å²) in [5.74, 6) is 0.807. The molecule has 1 heterocycles. The molecule has 1 aromatic carbocycles. The zero-order valence-electron chi connectivity index (χ0n) is 8.20. The number of hydrogen-bond donors (Lipinski definition) is 2. The van der Waals surface area contributed by atoms with E-state index in [0.29, 0.717) is 18.1 Å². The predicted molar refractivity (Wildman–Crippen MR) is 64.3 cm³/mol. The van der Waals surface area contributed by atoms with Crippen molar-refractivity contribution in [3.63, 3.8) is 0 Å². The number of aromatic nitrogens is 1. The average molecular weight is 222 g/mol. The molecule has 2 aromatic rings. The van der Waals surface area contributed by atoms with Crippen LogP contribution in [0.3, 0.4) is 0 Å². The summed E-state index contributed by atoms with van der Waals surface area (Å²) in [6.07, 6.45) is 0. The molecule has 0 amide bonds. The van der Waals surface area contributed by atoms with Crippen LogP contribution < -0.4 is 11.1 Å². The van der Waals surface area contributed by atoms with Gasteiger partial charge in [0.05, 0.1) is 10.5 Å². The molecule has 3 nitrogen and oxygen atoms in total. The van der Waals surface area contributed by atoms with E-state index in [4.69, 9.17) is 17.3 Å². The van der Waals surface area contributed by atoms with Gasteiger partial charge in [-0.15, -0.1) is 0 Å². The highest BCUT2D eigenvalue weighted by molar-refractivity contribution is 6.35. The number of nitrogens with one attached hydrogen (secondary N) is 1. The molecule has 4 heteroatoms. The van der Waals surface area contributed by atoms with Crippen molar-refractivity contribution >= 4 is 28.3 Å². The Balaban J connectivity index is 2.41. The molecule has 0 aliphatic rings. The fraction of sp³-hybridized carbons (Fsp3) is 0.182. The van der Waals surface area contributed by atoms with Crippen LogP contribution in [0.4, 0.5) is 5.82 Å². The van der Waals surface area contributed by atoms with Gasteiger partial charge >= 0.3 is 0 Å². The van der Waals surface area contributed by atoms with E-state index in [1.807, 2.05) is 30.3 Å². The molecule has 3 N–H and O–H groups in total. The second-order valence-corrected chi connectivity index (χ2v) is 3.63. The number of rotatable bonds is 3. The SMILES string of the molecule is NCCNc1ccc2cccc(Cl)c2n1. The maximum absolute atomic E-state index is 6.05. The van der Waals surface area contributed by atoms with Crippen molar-refractivity contribution in [3.05, 3.63) is 35.4 Å². The van der Waals surface area contributed by atoms with Crippen molar-refractivity contribution in [2.75, 3.05) is 18.4 Å². The minimum Gasteiger partial charge on any atom is -0.369 e. The van der Waals surface area contributed by atoms with Crippen molar-refractivity contribution < 1.29 is 0 Å². The minimum absolute atomic E-state index is 0.586. The Bertz CT molecular complexity index is 470. The van der Waals surface area contributed by atoms with E-state index in [9.17, 15) is 0 Å². The van der Waals surface area contributed by atoms with Crippen LogP contribution in [-0.2, 0) is 0 Å². The number of nitrogens with zero attached hydrogens (tertiary/aromatic N) is 1. The van der Waals surface area contributed by atoms with Crippen molar-refractivity contribution in [3.8, 4) is 0 Å². The lowest BCUT2D eigenvalue weighted by molar-refractivity contribution is 1.01. The van der Waals surface area contributed by atoms with E-state index in [1.165, 1.54) is 0 Å². The molecule has 0 spiro atoms. The van der Waals surface area contributed by atoms with Gasteiger partial charge in [-0.25, -0.2) is 4.98 Å². The third-order valence-electron chi connectivity index (χ3n) is 2.12. The van der Waals surface area contributed by atoms with Crippen LogP contribution in [0.2, 0.25) is 5.02 Å². The number of pyridine rings is 1. The molecule has 2 rings (SSSR count). The quantitative estimate of drug-likeness (QED) is 0.836. The van der Waals surface area contributed by atoms with E-state index in [2.05, 4.69) is 10.3 Å². The maximum atomic E-state index is 6.05. The Morgan fingerprint density at radius 1 is 1.27 bits per heavy atom. The Kier molecular flexibility index (Phi) is 3.04. The highest BCUT2D eigenvalue weighted by Gasteiger charge is 2.00. The van der Waals surface area contributed by atoms with Crippen LogP contribution in [0, 0.1) is 0 Å². The largest absolute Gasteiger partial charge is 0.369 e. The summed E-state index contributed by atoms with van der Waals surface area (Å²) in [6, 6.07) is 9.66. The van der Waals surface area contributed by atoms with Gasteiger partial charge in [0.25, 0.3) is 0 Å². The van der Waals surface area contributed by atoms with Gasteiger partial charge in [-0.05, 0) is 18.2 Å². The number of benzene rings is 1. The summed E-state index contributed by atoms with van der Waals surface area (Å²) < 4.78 is 0. The molecule has 0 fully saturated rings. The van der Waals surface area contributed by atoms with Gasteiger partial charge in [0, 0.05) is 18.5 Å². The van der Waals surface area contributed by atoms with Gasteiger partial charge in [-0.1, -0.05) is 23.7 Å². The summed E-state index contributed by atoms with van der Waals surface area (Å²) in [7, 11) is 0. The van der Waals surface area contributed by atoms with E-state index in [0.717, 1.165) is 16.7 Å². The molecule has 0 unspecified atom stereocenters. The Morgan fingerprint density at radius 2 is 2.13 bits per heavy atom. The molecule has 0 saturated heterocycles. The second-order valence-electron chi connectivity index (χ2n) is 3.22. The molecular weight excluding hydrogens is 210 g/mol. The standard InChI is InChI=1S/C11H12ClN3/c12-9-3-1-2-8-4-5-10(14-7-6-13)15-11(8)9/h1-5H,6-7,13H2,(H,14,15). The van der Waals surface area contributed by atoms with E-state index >= 15 is 0 Å². The molecule has 1 aromatic heterocycles. The molecule has 78 valence electrons. The first kappa shape index (κ1) is 10.2. The molecule has 0 saturated carbocycles. The highest BCUT2D eigenvalue weighted by atomic mass is 35.5. The molecule has 0 atom stereocenters. The second kappa shape index (κ2) is 4.47. The zero-order chi connectivity index (χ0) is 10.7. The number of anilines is 1. The number of hydrogen-bond acceptors (Lipinski definition) is 3. The lowest BCUT2D eigenvalue weighted by Gasteiger charge is -2.05. The summed E-state index contributed by atoms with van der Waals surface area (Å²) >= 11 is 6.05. The van der Waals surface area contributed by atoms with Crippen LogP contribution in [0.1, 0.15) is 0 Å². The lowest BCUT2D eigenvalue weighted by Crippen LogP contribution is -2.13. The summed E-state index contributed by atoms with van der Waals surface area (Å²) in [6.45, 7) is 1.30. The number of nitrogens with two attached hydrogens (primary N) is 1. The minimum atomic E-state index is 0.586. The summed E-state index contributed by atoms with van der Waals surface area (Å²) in [4.78, 5) is 4.41. The van der Waals surface area contributed by atoms with E-state index in [-0.39, 0.29) is 0 Å². The van der Waals surface area contributed by atoms with E-state index in [1.54, 1.807) is 0 Å². The maximum Gasteiger partial charge on any atom is 0.126 e. The van der Waals surface area contributed by atoms with Crippen LogP contribution in [0.15, 0.2) is 30.3 Å². The van der Waals surface area contributed by atoms with Crippen LogP contribution in [-0.4, -0.2) is 18.1 Å².